The van der Waals surface area contributed by atoms with Crippen LogP contribution in [0.3, 0.4) is 0 Å². The molecule has 0 nitrogen and oxygen atoms in total. The molecule has 0 N–H and O–H groups in total. The van der Waals surface area contributed by atoms with Gasteiger partial charge in [0, 0.05) is 9.37 Å². The Hall–Kier alpha value is -1.20. The second kappa shape index (κ2) is 6.71. The van der Waals surface area contributed by atoms with E-state index in [4.69, 9.17) is 0 Å². The lowest BCUT2D eigenvalue weighted by atomic mass is 10.2. The molecule has 0 atom stereocenters. The summed E-state index contributed by atoms with van der Waals surface area (Å²) in [7, 11) is 0. The minimum absolute atomic E-state index is 0.199. The van der Waals surface area contributed by atoms with Crippen molar-refractivity contribution < 1.29 is 13.2 Å². The lowest BCUT2D eigenvalue weighted by Gasteiger charge is -2.14. The van der Waals surface area contributed by atoms with Crippen LogP contribution in [0.4, 0.5) is 13.2 Å². The third kappa shape index (κ3) is 4.64. The van der Waals surface area contributed by atoms with E-state index in [1.807, 2.05) is 6.92 Å². The zero-order chi connectivity index (χ0) is 15.5. The Morgan fingerprint density at radius 2 is 1.62 bits per heavy atom. The zero-order valence-electron chi connectivity index (χ0n) is 11.1. The van der Waals surface area contributed by atoms with Gasteiger partial charge in [0.2, 0.25) is 0 Å². The van der Waals surface area contributed by atoms with Gasteiger partial charge < -0.3 is 0 Å². The Kier molecular flexibility index (Phi) is 5.17. The molecule has 0 heterocycles. The fraction of sp³-hybridized carbons (Fsp3) is 0.125. The standard InChI is InChI=1S/C16H12BrF3S/c1-11-2-8-14(9-3-11)21-16(19,20)15(18)10-12-4-6-13(17)7-5-12/h2-10H,1H3. The van der Waals surface area contributed by atoms with Gasteiger partial charge in [-0.25, -0.2) is 4.39 Å². The lowest BCUT2D eigenvalue weighted by Crippen LogP contribution is -2.10. The van der Waals surface area contributed by atoms with Crippen molar-refractivity contribution in [2.45, 2.75) is 17.1 Å². The molecule has 21 heavy (non-hydrogen) atoms. The van der Waals surface area contributed by atoms with Crippen molar-refractivity contribution in [2.75, 3.05) is 0 Å². The van der Waals surface area contributed by atoms with Gasteiger partial charge in [-0.05, 0) is 54.6 Å². The van der Waals surface area contributed by atoms with Crippen molar-refractivity contribution in [1.82, 2.24) is 0 Å². The predicted octanol–water partition coefficient (Wildman–Crippen LogP) is 6.45. The summed E-state index contributed by atoms with van der Waals surface area (Å²) < 4.78 is 42.4. The van der Waals surface area contributed by atoms with Gasteiger partial charge in [0.1, 0.15) is 0 Å². The number of hydrogen-bond acceptors (Lipinski definition) is 1. The summed E-state index contributed by atoms with van der Waals surface area (Å²) in [6, 6.07) is 13.0. The number of hydrogen-bond donors (Lipinski definition) is 0. The molecular weight excluding hydrogens is 361 g/mol. The molecule has 0 aliphatic heterocycles. The largest absolute Gasteiger partial charge is 0.349 e. The van der Waals surface area contributed by atoms with Crippen LogP contribution in [0.15, 0.2) is 63.7 Å². The second-order valence-electron chi connectivity index (χ2n) is 4.48. The summed E-state index contributed by atoms with van der Waals surface area (Å²) in [5.74, 6) is -1.46. The highest BCUT2D eigenvalue weighted by molar-refractivity contribution is 9.10. The Bertz CT molecular complexity index is 634. The maximum absolute atomic E-state index is 13.9. The molecule has 0 aromatic heterocycles. The Morgan fingerprint density at radius 1 is 1.05 bits per heavy atom. The molecule has 2 aromatic carbocycles. The van der Waals surface area contributed by atoms with Gasteiger partial charge in [-0.1, -0.05) is 45.8 Å². The highest BCUT2D eigenvalue weighted by atomic mass is 79.9. The average Bonchev–Trinajstić information content (AvgIpc) is 2.43. The molecule has 0 unspecified atom stereocenters. The first-order valence-electron chi connectivity index (χ1n) is 6.13. The summed E-state index contributed by atoms with van der Waals surface area (Å²) in [6.07, 6.45) is 0.855. The van der Waals surface area contributed by atoms with Crippen LogP contribution in [0.25, 0.3) is 6.08 Å². The van der Waals surface area contributed by atoms with Gasteiger partial charge in [-0.3, -0.25) is 0 Å². The fourth-order valence-corrected chi connectivity index (χ4v) is 2.58. The number of thioether (sulfide) groups is 1. The maximum atomic E-state index is 13.9. The molecule has 0 spiro atoms. The third-order valence-electron chi connectivity index (χ3n) is 2.71. The van der Waals surface area contributed by atoms with E-state index >= 15 is 0 Å². The van der Waals surface area contributed by atoms with Crippen LogP contribution in [-0.4, -0.2) is 5.25 Å². The highest BCUT2D eigenvalue weighted by Gasteiger charge is 2.36. The molecule has 0 aliphatic rings. The summed E-state index contributed by atoms with van der Waals surface area (Å²) >= 11 is 3.43. The SMILES string of the molecule is Cc1ccc(SC(F)(F)C(F)=Cc2ccc(Br)cc2)cc1. The number of alkyl halides is 2. The molecule has 0 fully saturated rings. The van der Waals surface area contributed by atoms with E-state index in [-0.39, 0.29) is 11.8 Å². The molecule has 0 saturated heterocycles. The Labute approximate surface area is 134 Å². The topological polar surface area (TPSA) is 0 Å². The Balaban J connectivity index is 2.17. The minimum atomic E-state index is -3.59. The van der Waals surface area contributed by atoms with Crippen molar-refractivity contribution in [2.24, 2.45) is 0 Å². The molecule has 5 heteroatoms. The predicted molar refractivity (Wildman–Crippen MR) is 85.2 cm³/mol. The van der Waals surface area contributed by atoms with Crippen molar-refractivity contribution in [3.63, 3.8) is 0 Å². The van der Waals surface area contributed by atoms with E-state index < -0.39 is 11.1 Å². The molecular formula is C16H12BrF3S. The van der Waals surface area contributed by atoms with Crippen LogP contribution in [0.5, 0.6) is 0 Å². The number of aryl methyl sites for hydroxylation is 1. The average molecular weight is 373 g/mol. The maximum Gasteiger partial charge on any atom is 0.349 e. The summed E-state index contributed by atoms with van der Waals surface area (Å²) in [5.41, 5.74) is 1.36. The number of halogens is 4. The lowest BCUT2D eigenvalue weighted by molar-refractivity contribution is 0.121. The summed E-state index contributed by atoms with van der Waals surface area (Å²) in [4.78, 5) is 0.324. The highest BCUT2D eigenvalue weighted by Crippen LogP contribution is 2.42. The molecule has 0 saturated carbocycles. The zero-order valence-corrected chi connectivity index (χ0v) is 13.5. The molecule has 2 rings (SSSR count). The van der Waals surface area contributed by atoms with E-state index in [1.54, 1.807) is 48.5 Å². The van der Waals surface area contributed by atoms with Crippen LogP contribution >= 0.6 is 27.7 Å². The molecule has 0 amide bonds. The first-order valence-corrected chi connectivity index (χ1v) is 7.74. The summed E-state index contributed by atoms with van der Waals surface area (Å²) in [6.45, 7) is 1.86. The fourth-order valence-electron chi connectivity index (χ4n) is 1.59. The van der Waals surface area contributed by atoms with Gasteiger partial charge in [-0.15, -0.1) is 0 Å². The van der Waals surface area contributed by atoms with Crippen LogP contribution < -0.4 is 0 Å². The normalized spacial score (nSPS) is 12.5. The van der Waals surface area contributed by atoms with Crippen LogP contribution in [-0.2, 0) is 0 Å². The van der Waals surface area contributed by atoms with Gasteiger partial charge in [0.25, 0.3) is 0 Å². The van der Waals surface area contributed by atoms with Crippen molar-refractivity contribution in [3.8, 4) is 0 Å². The molecule has 0 aliphatic carbocycles. The van der Waals surface area contributed by atoms with E-state index in [1.165, 1.54) is 0 Å². The first kappa shape index (κ1) is 16.2. The smallest absolute Gasteiger partial charge is 0.204 e. The third-order valence-corrected chi connectivity index (χ3v) is 4.20. The molecule has 110 valence electrons. The van der Waals surface area contributed by atoms with E-state index in [0.29, 0.717) is 10.5 Å². The van der Waals surface area contributed by atoms with Gasteiger partial charge in [0.15, 0.2) is 5.83 Å². The van der Waals surface area contributed by atoms with Gasteiger partial charge >= 0.3 is 5.25 Å². The molecule has 2 aromatic rings. The molecule has 0 radical (unpaired) electrons. The van der Waals surface area contributed by atoms with Crippen molar-refractivity contribution in [1.29, 1.82) is 0 Å². The van der Waals surface area contributed by atoms with Crippen LogP contribution in [0.2, 0.25) is 0 Å². The molecule has 0 bridgehead atoms. The Morgan fingerprint density at radius 3 is 2.19 bits per heavy atom. The minimum Gasteiger partial charge on any atom is -0.204 e. The van der Waals surface area contributed by atoms with E-state index in [9.17, 15) is 13.2 Å². The van der Waals surface area contributed by atoms with Gasteiger partial charge in [-0.2, -0.15) is 8.78 Å². The quantitative estimate of drug-likeness (QED) is 0.555. The van der Waals surface area contributed by atoms with Crippen molar-refractivity contribution in [3.05, 3.63) is 70.0 Å². The number of benzene rings is 2. The van der Waals surface area contributed by atoms with Gasteiger partial charge in [0.05, 0.1) is 0 Å². The summed E-state index contributed by atoms with van der Waals surface area (Å²) in [5, 5.41) is -3.59. The van der Waals surface area contributed by atoms with Crippen LogP contribution in [0, 0.1) is 6.92 Å². The van der Waals surface area contributed by atoms with E-state index in [0.717, 1.165) is 16.1 Å². The van der Waals surface area contributed by atoms with Crippen LogP contribution in [0.1, 0.15) is 11.1 Å². The second-order valence-corrected chi connectivity index (χ2v) is 6.58. The van der Waals surface area contributed by atoms with Crippen molar-refractivity contribution >= 4 is 33.8 Å². The first-order chi connectivity index (χ1) is 9.87. The van der Waals surface area contributed by atoms with E-state index in [2.05, 4.69) is 15.9 Å². The number of rotatable bonds is 4. The monoisotopic (exact) mass is 372 g/mol.